The molecule has 8 heteroatoms. The quantitative estimate of drug-likeness (QED) is 0.588. The number of ketones is 1. The predicted molar refractivity (Wildman–Crippen MR) is 103 cm³/mol. The molecule has 1 amide bonds. The Hall–Kier alpha value is -2.12. The molecule has 4 N–H and O–H groups in total. The van der Waals surface area contributed by atoms with E-state index >= 15 is 0 Å². The Bertz CT molecular complexity index is 672. The number of ether oxygens (including phenoxy) is 1. The summed E-state index contributed by atoms with van der Waals surface area (Å²) >= 11 is 6.04. The number of halogens is 1. The molecule has 1 rings (SSSR count). The van der Waals surface area contributed by atoms with E-state index in [2.05, 4.69) is 5.32 Å². The molecule has 1 aromatic carbocycles. The number of aliphatic carboxylic acids is 1. The number of hydrogen-bond donors (Lipinski definition) is 3. The van der Waals surface area contributed by atoms with Crippen LogP contribution < -0.4 is 11.1 Å². The van der Waals surface area contributed by atoms with Gasteiger partial charge in [0.15, 0.2) is 5.78 Å². The zero-order valence-electron chi connectivity index (χ0n) is 15.8. The van der Waals surface area contributed by atoms with E-state index < -0.39 is 29.7 Å². The molecule has 0 aliphatic carbocycles. The molecule has 2 atom stereocenters. The first-order valence-electron chi connectivity index (χ1n) is 8.73. The number of amides is 1. The number of hydrogen-bond acceptors (Lipinski definition) is 5. The van der Waals surface area contributed by atoms with Crippen LogP contribution in [0.4, 0.5) is 4.79 Å². The van der Waals surface area contributed by atoms with Crippen LogP contribution in [-0.4, -0.2) is 40.6 Å². The first-order valence-corrected chi connectivity index (χ1v) is 9.11. The molecule has 1 unspecified atom stereocenters. The summed E-state index contributed by atoms with van der Waals surface area (Å²) in [6, 6.07) is 5.20. The van der Waals surface area contributed by atoms with Crippen LogP contribution >= 0.6 is 11.6 Å². The first-order chi connectivity index (χ1) is 12.5. The van der Waals surface area contributed by atoms with Gasteiger partial charge in [-0.1, -0.05) is 29.8 Å². The van der Waals surface area contributed by atoms with Crippen LogP contribution in [0.15, 0.2) is 24.3 Å². The fourth-order valence-electron chi connectivity index (χ4n) is 2.37. The molecular weight excluding hydrogens is 372 g/mol. The lowest BCUT2D eigenvalue weighted by Gasteiger charge is -2.22. The SMILES string of the molecule is CC(C)(C)OC(=O)N[C@@H](CCCC(N)C(=O)Cc1ccccc1Cl)C(=O)O. The smallest absolute Gasteiger partial charge is 0.408 e. The van der Waals surface area contributed by atoms with E-state index in [9.17, 15) is 19.5 Å². The van der Waals surface area contributed by atoms with Gasteiger partial charge in [0.1, 0.15) is 11.6 Å². The summed E-state index contributed by atoms with van der Waals surface area (Å²) in [5.41, 5.74) is 5.89. The van der Waals surface area contributed by atoms with Crippen molar-refractivity contribution in [1.82, 2.24) is 5.32 Å². The van der Waals surface area contributed by atoms with E-state index in [1.54, 1.807) is 45.0 Å². The third-order valence-corrected chi connectivity index (χ3v) is 4.10. The predicted octanol–water partition coefficient (Wildman–Crippen LogP) is 2.93. The fraction of sp³-hybridized carbons (Fsp3) is 0.526. The molecule has 150 valence electrons. The maximum Gasteiger partial charge on any atom is 0.408 e. The van der Waals surface area contributed by atoms with Gasteiger partial charge >= 0.3 is 12.1 Å². The van der Waals surface area contributed by atoms with E-state index in [0.717, 1.165) is 0 Å². The van der Waals surface area contributed by atoms with Crippen LogP contribution in [0.3, 0.4) is 0 Å². The number of carbonyl (C=O) groups is 3. The summed E-state index contributed by atoms with van der Waals surface area (Å²) in [4.78, 5) is 35.3. The molecule has 1 aromatic rings. The van der Waals surface area contributed by atoms with E-state index in [4.69, 9.17) is 22.1 Å². The number of nitrogens with one attached hydrogen (secondary N) is 1. The van der Waals surface area contributed by atoms with Crippen molar-refractivity contribution in [3.05, 3.63) is 34.9 Å². The van der Waals surface area contributed by atoms with Crippen LogP contribution in [0.1, 0.15) is 45.6 Å². The van der Waals surface area contributed by atoms with Crippen molar-refractivity contribution in [1.29, 1.82) is 0 Å². The van der Waals surface area contributed by atoms with E-state index in [-0.39, 0.29) is 18.6 Å². The van der Waals surface area contributed by atoms with Gasteiger partial charge in [0.2, 0.25) is 0 Å². The molecule has 0 saturated heterocycles. The number of rotatable bonds is 9. The average molecular weight is 399 g/mol. The van der Waals surface area contributed by atoms with Gasteiger partial charge in [-0.15, -0.1) is 0 Å². The minimum absolute atomic E-state index is 0.124. The third kappa shape index (κ3) is 8.88. The lowest BCUT2D eigenvalue weighted by molar-refractivity contribution is -0.139. The molecule has 0 spiro atoms. The number of benzene rings is 1. The lowest BCUT2D eigenvalue weighted by Crippen LogP contribution is -2.43. The Morgan fingerprint density at radius 1 is 1.22 bits per heavy atom. The van der Waals surface area contributed by atoms with Gasteiger partial charge in [-0.2, -0.15) is 0 Å². The van der Waals surface area contributed by atoms with Gasteiger partial charge in [-0.05, 0) is 51.7 Å². The second kappa shape index (κ2) is 10.3. The summed E-state index contributed by atoms with van der Waals surface area (Å²) in [5.74, 6) is -1.34. The molecule has 27 heavy (non-hydrogen) atoms. The number of carboxylic acids is 1. The fourth-order valence-corrected chi connectivity index (χ4v) is 2.57. The normalized spacial score (nSPS) is 13.5. The molecule has 0 heterocycles. The van der Waals surface area contributed by atoms with Crippen molar-refractivity contribution in [2.45, 2.75) is 64.1 Å². The average Bonchev–Trinajstić information content (AvgIpc) is 2.53. The van der Waals surface area contributed by atoms with Crippen molar-refractivity contribution < 1.29 is 24.2 Å². The van der Waals surface area contributed by atoms with E-state index in [0.29, 0.717) is 23.4 Å². The summed E-state index contributed by atoms with van der Waals surface area (Å²) in [6.45, 7) is 5.06. The van der Waals surface area contributed by atoms with Gasteiger partial charge in [0, 0.05) is 11.4 Å². The molecule has 0 bridgehead atoms. The molecular formula is C19H27ClN2O5. The van der Waals surface area contributed by atoms with Gasteiger partial charge in [0.25, 0.3) is 0 Å². The Kier molecular flexibility index (Phi) is 8.72. The summed E-state index contributed by atoms with van der Waals surface area (Å²) < 4.78 is 5.06. The van der Waals surface area contributed by atoms with Crippen molar-refractivity contribution >= 4 is 29.4 Å². The minimum atomic E-state index is -1.17. The molecule has 0 aliphatic heterocycles. The van der Waals surface area contributed by atoms with Gasteiger partial charge in [-0.3, -0.25) is 4.79 Å². The van der Waals surface area contributed by atoms with Crippen LogP contribution in [0.25, 0.3) is 0 Å². The molecule has 0 aromatic heterocycles. The minimum Gasteiger partial charge on any atom is -0.480 e. The lowest BCUT2D eigenvalue weighted by atomic mass is 9.99. The molecule has 0 aliphatic rings. The Labute approximate surface area is 164 Å². The summed E-state index contributed by atoms with van der Waals surface area (Å²) in [5, 5.41) is 12.1. The number of Topliss-reactive ketones (excluding diaryl/α,β-unsaturated/α-hetero) is 1. The van der Waals surface area contributed by atoms with E-state index in [1.165, 1.54) is 0 Å². The molecule has 0 fully saturated rings. The zero-order chi connectivity index (χ0) is 20.6. The van der Waals surface area contributed by atoms with Gasteiger partial charge in [0.05, 0.1) is 6.04 Å². The summed E-state index contributed by atoms with van der Waals surface area (Å²) in [7, 11) is 0. The van der Waals surface area contributed by atoms with Crippen LogP contribution in [0.5, 0.6) is 0 Å². The number of carboxylic acid groups (broad SMARTS) is 1. The van der Waals surface area contributed by atoms with Crippen LogP contribution in [-0.2, 0) is 20.7 Å². The monoisotopic (exact) mass is 398 g/mol. The highest BCUT2D eigenvalue weighted by Crippen LogP contribution is 2.17. The second-order valence-corrected chi connectivity index (χ2v) is 7.72. The van der Waals surface area contributed by atoms with Crippen molar-refractivity contribution in [2.24, 2.45) is 5.73 Å². The van der Waals surface area contributed by atoms with Gasteiger partial charge in [-0.25, -0.2) is 9.59 Å². The zero-order valence-corrected chi connectivity index (χ0v) is 16.6. The Balaban J connectivity index is 2.48. The highest BCUT2D eigenvalue weighted by atomic mass is 35.5. The Morgan fingerprint density at radius 2 is 1.85 bits per heavy atom. The highest BCUT2D eigenvalue weighted by molar-refractivity contribution is 6.31. The molecule has 7 nitrogen and oxygen atoms in total. The second-order valence-electron chi connectivity index (χ2n) is 7.31. The molecule has 0 radical (unpaired) electrons. The number of nitrogens with two attached hydrogens (primary N) is 1. The third-order valence-electron chi connectivity index (χ3n) is 3.73. The number of alkyl carbamates (subject to hydrolysis) is 1. The standard InChI is InChI=1S/C19H27ClN2O5/c1-19(2,3)27-18(26)22-15(17(24)25)10-6-9-14(21)16(23)11-12-7-4-5-8-13(12)20/h4-5,7-8,14-15H,6,9-11,21H2,1-3H3,(H,22,26)(H,24,25)/t14?,15-/m0/s1. The topological polar surface area (TPSA) is 119 Å². The van der Waals surface area contributed by atoms with Crippen LogP contribution in [0, 0.1) is 0 Å². The van der Waals surface area contributed by atoms with Crippen molar-refractivity contribution in [2.75, 3.05) is 0 Å². The largest absolute Gasteiger partial charge is 0.480 e. The van der Waals surface area contributed by atoms with Crippen molar-refractivity contribution in [3.8, 4) is 0 Å². The Morgan fingerprint density at radius 3 is 2.41 bits per heavy atom. The molecule has 0 saturated carbocycles. The maximum absolute atomic E-state index is 12.2. The van der Waals surface area contributed by atoms with E-state index in [1.807, 2.05) is 0 Å². The first kappa shape index (κ1) is 22.9. The highest BCUT2D eigenvalue weighted by Gasteiger charge is 2.24. The van der Waals surface area contributed by atoms with Gasteiger partial charge < -0.3 is 20.9 Å². The maximum atomic E-state index is 12.2. The van der Waals surface area contributed by atoms with Crippen molar-refractivity contribution in [3.63, 3.8) is 0 Å². The van der Waals surface area contributed by atoms with Crippen LogP contribution in [0.2, 0.25) is 5.02 Å². The number of carbonyl (C=O) groups excluding carboxylic acids is 2. The summed E-state index contributed by atoms with van der Waals surface area (Å²) in [6.07, 6.45) is 0.140.